The molecule has 7 heteroatoms. The summed E-state index contributed by atoms with van der Waals surface area (Å²) in [5.41, 5.74) is 2.97. The molecule has 0 aliphatic carbocycles. The molecule has 7 nitrogen and oxygen atoms in total. The number of rotatable bonds is 5. The predicted octanol–water partition coefficient (Wildman–Crippen LogP) is 2.57. The Morgan fingerprint density at radius 3 is 2.76 bits per heavy atom. The van der Waals surface area contributed by atoms with Crippen LogP contribution in [0.1, 0.15) is 47.9 Å². The summed E-state index contributed by atoms with van der Waals surface area (Å²) in [6.45, 7) is 3.19. The van der Waals surface area contributed by atoms with Crippen LogP contribution >= 0.6 is 0 Å². The van der Waals surface area contributed by atoms with Crippen molar-refractivity contribution >= 4 is 17.6 Å². The topological polar surface area (TPSA) is 75.6 Å². The SMILES string of the molecule is COCC(=O)N1CCC[C@H]1c1nc(C)c2c(n1)N(Cc1ccccc1)C(=O)CC2. The van der Waals surface area contributed by atoms with Crippen LogP contribution in [0.3, 0.4) is 0 Å². The molecule has 3 heterocycles. The van der Waals surface area contributed by atoms with Crippen LogP contribution in [-0.4, -0.2) is 46.9 Å². The number of methoxy groups -OCH3 is 1. The number of fused-ring (bicyclic) bond motifs is 1. The quantitative estimate of drug-likeness (QED) is 0.779. The van der Waals surface area contributed by atoms with Crippen LogP contribution in [-0.2, 0) is 27.3 Å². The van der Waals surface area contributed by atoms with Gasteiger partial charge in [0.2, 0.25) is 11.8 Å². The zero-order valence-electron chi connectivity index (χ0n) is 16.9. The van der Waals surface area contributed by atoms with Crippen molar-refractivity contribution in [3.05, 3.63) is 53.0 Å². The first-order valence-electron chi connectivity index (χ1n) is 10.1. The van der Waals surface area contributed by atoms with Gasteiger partial charge in [-0.2, -0.15) is 0 Å². The molecule has 4 rings (SSSR count). The highest BCUT2D eigenvalue weighted by Gasteiger charge is 2.35. The molecule has 0 saturated carbocycles. The van der Waals surface area contributed by atoms with E-state index in [0.717, 1.165) is 29.7 Å². The number of aromatic nitrogens is 2. The highest BCUT2D eigenvalue weighted by atomic mass is 16.5. The van der Waals surface area contributed by atoms with Crippen molar-refractivity contribution in [2.45, 2.75) is 45.2 Å². The van der Waals surface area contributed by atoms with Gasteiger partial charge in [-0.15, -0.1) is 0 Å². The average molecular weight is 394 g/mol. The standard InChI is InChI=1S/C22H26N4O3/c1-15-17-10-11-19(27)26(13-16-7-4-3-5-8-16)22(17)24-21(23-15)18-9-6-12-25(18)20(28)14-29-2/h3-5,7-8,18H,6,9-14H2,1-2H3/t18-/m0/s1. The maximum absolute atomic E-state index is 12.7. The molecule has 1 atom stereocenters. The molecule has 1 aromatic carbocycles. The number of anilines is 1. The number of benzene rings is 1. The number of carbonyl (C=O) groups excluding carboxylic acids is 2. The Labute approximate surface area is 170 Å². The van der Waals surface area contributed by atoms with Crippen LogP contribution in [0.5, 0.6) is 0 Å². The third kappa shape index (κ3) is 3.87. The predicted molar refractivity (Wildman–Crippen MR) is 108 cm³/mol. The summed E-state index contributed by atoms with van der Waals surface area (Å²) in [5, 5.41) is 0. The molecular weight excluding hydrogens is 368 g/mol. The van der Waals surface area contributed by atoms with Crippen LogP contribution < -0.4 is 4.90 Å². The summed E-state index contributed by atoms with van der Waals surface area (Å²) >= 11 is 0. The third-order valence-corrected chi connectivity index (χ3v) is 5.68. The summed E-state index contributed by atoms with van der Waals surface area (Å²) < 4.78 is 5.03. The number of amides is 2. The maximum atomic E-state index is 12.7. The van der Waals surface area contributed by atoms with Gasteiger partial charge in [-0.3, -0.25) is 14.5 Å². The first-order chi connectivity index (χ1) is 14.1. The lowest BCUT2D eigenvalue weighted by molar-refractivity contribution is -0.136. The molecule has 29 heavy (non-hydrogen) atoms. The van der Waals surface area contributed by atoms with Crippen LogP contribution in [0.15, 0.2) is 30.3 Å². The molecule has 1 saturated heterocycles. The van der Waals surface area contributed by atoms with Crippen LogP contribution in [0, 0.1) is 6.92 Å². The largest absolute Gasteiger partial charge is 0.375 e. The second-order valence-electron chi connectivity index (χ2n) is 7.61. The van der Waals surface area contributed by atoms with E-state index in [1.165, 1.54) is 7.11 Å². The van der Waals surface area contributed by atoms with Crippen LogP contribution in [0.4, 0.5) is 5.82 Å². The Morgan fingerprint density at radius 2 is 2.00 bits per heavy atom. The lowest BCUT2D eigenvalue weighted by Gasteiger charge is -2.31. The number of likely N-dealkylation sites (tertiary alicyclic amines) is 1. The lowest BCUT2D eigenvalue weighted by Crippen LogP contribution is -2.38. The molecule has 2 aliphatic heterocycles. The van der Waals surface area contributed by atoms with Crippen molar-refractivity contribution in [1.29, 1.82) is 0 Å². The van der Waals surface area contributed by atoms with E-state index < -0.39 is 0 Å². The highest BCUT2D eigenvalue weighted by molar-refractivity contribution is 5.95. The number of hydrogen-bond donors (Lipinski definition) is 0. The van der Waals surface area contributed by atoms with E-state index in [1.54, 1.807) is 9.80 Å². The molecule has 0 radical (unpaired) electrons. The van der Waals surface area contributed by atoms with Crippen LogP contribution in [0.2, 0.25) is 0 Å². The van der Waals surface area contributed by atoms with E-state index in [4.69, 9.17) is 14.7 Å². The molecule has 2 aromatic rings. The summed E-state index contributed by atoms with van der Waals surface area (Å²) in [7, 11) is 1.52. The van der Waals surface area contributed by atoms with Gasteiger partial charge in [-0.05, 0) is 31.7 Å². The van der Waals surface area contributed by atoms with Gasteiger partial charge in [0.1, 0.15) is 12.4 Å². The molecule has 0 spiro atoms. The van der Waals surface area contributed by atoms with E-state index in [-0.39, 0.29) is 24.5 Å². The second kappa shape index (κ2) is 8.29. The van der Waals surface area contributed by atoms with E-state index in [0.29, 0.717) is 37.6 Å². The van der Waals surface area contributed by atoms with E-state index in [2.05, 4.69) is 0 Å². The van der Waals surface area contributed by atoms with E-state index >= 15 is 0 Å². The summed E-state index contributed by atoms with van der Waals surface area (Å²) in [6, 6.07) is 9.76. The van der Waals surface area contributed by atoms with Crippen molar-refractivity contribution in [3.8, 4) is 0 Å². The van der Waals surface area contributed by atoms with Crippen molar-refractivity contribution in [3.63, 3.8) is 0 Å². The molecular formula is C22H26N4O3. The zero-order chi connectivity index (χ0) is 20.4. The van der Waals surface area contributed by atoms with Gasteiger partial charge < -0.3 is 9.64 Å². The van der Waals surface area contributed by atoms with Gasteiger partial charge in [0.25, 0.3) is 0 Å². The fourth-order valence-electron chi connectivity index (χ4n) is 4.22. The Morgan fingerprint density at radius 1 is 1.21 bits per heavy atom. The number of ether oxygens (including phenoxy) is 1. The fourth-order valence-corrected chi connectivity index (χ4v) is 4.22. The Kier molecular flexibility index (Phi) is 5.58. The van der Waals surface area contributed by atoms with Gasteiger partial charge in [0, 0.05) is 31.3 Å². The average Bonchev–Trinajstić information content (AvgIpc) is 3.21. The number of carbonyl (C=O) groups is 2. The van der Waals surface area contributed by atoms with Crippen molar-refractivity contribution in [2.75, 3.05) is 25.2 Å². The van der Waals surface area contributed by atoms with Crippen molar-refractivity contribution in [1.82, 2.24) is 14.9 Å². The minimum Gasteiger partial charge on any atom is -0.375 e. The van der Waals surface area contributed by atoms with E-state index in [9.17, 15) is 9.59 Å². The minimum atomic E-state index is -0.169. The molecule has 1 fully saturated rings. The van der Waals surface area contributed by atoms with Gasteiger partial charge >= 0.3 is 0 Å². The molecule has 2 amide bonds. The Hall–Kier alpha value is -2.80. The fraction of sp³-hybridized carbons (Fsp3) is 0.455. The normalized spacial score (nSPS) is 18.8. The molecule has 0 unspecified atom stereocenters. The first-order valence-corrected chi connectivity index (χ1v) is 10.1. The third-order valence-electron chi connectivity index (χ3n) is 5.68. The summed E-state index contributed by atoms with van der Waals surface area (Å²) in [6.07, 6.45) is 2.85. The van der Waals surface area contributed by atoms with E-state index in [1.807, 2.05) is 37.3 Å². The summed E-state index contributed by atoms with van der Waals surface area (Å²) in [4.78, 5) is 38.3. The minimum absolute atomic E-state index is 0.0498. The maximum Gasteiger partial charge on any atom is 0.249 e. The Bertz CT molecular complexity index is 916. The zero-order valence-corrected chi connectivity index (χ0v) is 16.9. The molecule has 2 aliphatic rings. The monoisotopic (exact) mass is 394 g/mol. The van der Waals surface area contributed by atoms with Crippen LogP contribution in [0.25, 0.3) is 0 Å². The van der Waals surface area contributed by atoms with Crippen molar-refractivity contribution in [2.24, 2.45) is 0 Å². The van der Waals surface area contributed by atoms with Gasteiger partial charge in [0.05, 0.1) is 12.6 Å². The van der Waals surface area contributed by atoms with Gasteiger partial charge in [0.15, 0.2) is 5.82 Å². The Balaban J connectivity index is 1.69. The summed E-state index contributed by atoms with van der Waals surface area (Å²) in [5.74, 6) is 1.34. The number of aryl methyl sites for hydroxylation is 1. The molecule has 0 N–H and O–H groups in total. The molecule has 0 bridgehead atoms. The second-order valence-corrected chi connectivity index (χ2v) is 7.61. The number of nitrogens with zero attached hydrogens (tertiary/aromatic N) is 4. The highest BCUT2D eigenvalue weighted by Crippen LogP contribution is 2.35. The molecule has 1 aromatic heterocycles. The smallest absolute Gasteiger partial charge is 0.249 e. The first kappa shape index (κ1) is 19.5. The lowest BCUT2D eigenvalue weighted by atomic mass is 10.0. The number of hydrogen-bond acceptors (Lipinski definition) is 5. The van der Waals surface area contributed by atoms with Crippen molar-refractivity contribution < 1.29 is 14.3 Å². The van der Waals surface area contributed by atoms with Gasteiger partial charge in [-0.1, -0.05) is 30.3 Å². The molecule has 152 valence electrons. The van der Waals surface area contributed by atoms with Gasteiger partial charge in [-0.25, -0.2) is 9.97 Å².